The zero-order valence-corrected chi connectivity index (χ0v) is 19.9. The smallest absolute Gasteiger partial charge is 0.206 e. The van der Waals surface area contributed by atoms with Gasteiger partial charge in [0, 0.05) is 24.6 Å². The quantitative estimate of drug-likeness (QED) is 0.361. The molecular weight excluding hydrogens is 474 g/mol. The molecule has 0 saturated carbocycles. The first kappa shape index (κ1) is 23.5. The fourth-order valence-corrected chi connectivity index (χ4v) is 4.97. The number of nitrogens with one attached hydrogen (secondary N) is 2. The Hall–Kier alpha value is -3.70. The molecule has 0 amide bonds. The number of hydrogen-bond acceptors (Lipinski definition) is 8. The number of imidazole rings is 1. The molecule has 11 heteroatoms. The van der Waals surface area contributed by atoms with E-state index in [2.05, 4.69) is 20.6 Å². The van der Waals surface area contributed by atoms with Gasteiger partial charge in [-0.25, -0.2) is 26.8 Å². The summed E-state index contributed by atoms with van der Waals surface area (Å²) in [7, 11) is -7.03. The Balaban J connectivity index is 1.66. The Kier molecular flexibility index (Phi) is 6.66. The summed E-state index contributed by atoms with van der Waals surface area (Å²) in [6, 6.07) is 20.5. The second kappa shape index (κ2) is 9.65. The van der Waals surface area contributed by atoms with Gasteiger partial charge in [0.25, 0.3) is 0 Å². The van der Waals surface area contributed by atoms with Gasteiger partial charge < -0.3 is 15.2 Å². The first-order chi connectivity index (χ1) is 16.2. The van der Waals surface area contributed by atoms with Crippen LogP contribution >= 0.6 is 0 Å². The molecule has 4 aromatic rings. The van der Waals surface area contributed by atoms with Crippen molar-refractivity contribution in [3.05, 3.63) is 85.3 Å². The number of para-hydroxylation sites is 1. The second-order valence-corrected chi connectivity index (χ2v) is 11.8. The topological polar surface area (TPSA) is 123 Å². The number of nitrogens with zero attached hydrogens (tertiary/aromatic N) is 3. The number of pyridine rings is 1. The van der Waals surface area contributed by atoms with Crippen molar-refractivity contribution in [3.8, 4) is 5.69 Å². The molecule has 2 N–H and O–H groups in total. The van der Waals surface area contributed by atoms with Crippen LogP contribution in [-0.2, 0) is 19.7 Å². The highest BCUT2D eigenvalue weighted by Gasteiger charge is 2.20. The van der Waals surface area contributed by atoms with Crippen molar-refractivity contribution in [3.63, 3.8) is 0 Å². The lowest BCUT2D eigenvalue weighted by atomic mass is 10.3. The first-order valence-electron chi connectivity index (χ1n) is 10.3. The van der Waals surface area contributed by atoms with E-state index in [0.29, 0.717) is 5.82 Å². The number of hydrogen-bond donors (Lipinski definition) is 2. The molecule has 4 rings (SSSR count). The van der Waals surface area contributed by atoms with E-state index in [4.69, 9.17) is 0 Å². The van der Waals surface area contributed by atoms with E-state index in [1.165, 1.54) is 24.3 Å². The third-order valence-corrected chi connectivity index (χ3v) is 7.53. The lowest BCUT2D eigenvalue weighted by Gasteiger charge is -2.12. The van der Waals surface area contributed by atoms with Crippen LogP contribution in [0.2, 0.25) is 0 Å². The molecule has 0 aliphatic heterocycles. The molecule has 0 fully saturated rings. The van der Waals surface area contributed by atoms with E-state index in [-0.39, 0.29) is 33.7 Å². The van der Waals surface area contributed by atoms with Crippen molar-refractivity contribution in [2.24, 2.45) is 0 Å². The SMILES string of the molecule is CS(=O)(=O)CCNc1cc(S(=O)(=O)c2ccccc2)cc(Nc2cn(-c3ccccc3)cn2)n1. The maximum Gasteiger partial charge on any atom is 0.206 e. The fourth-order valence-electron chi connectivity index (χ4n) is 3.18. The molecule has 0 spiro atoms. The maximum absolute atomic E-state index is 13.2. The zero-order valence-electron chi connectivity index (χ0n) is 18.3. The Labute approximate surface area is 198 Å². The van der Waals surface area contributed by atoms with Crippen molar-refractivity contribution in [2.45, 2.75) is 9.79 Å². The number of aromatic nitrogens is 3. The highest BCUT2D eigenvalue weighted by atomic mass is 32.2. The summed E-state index contributed by atoms with van der Waals surface area (Å²) in [5.74, 6) is 0.824. The largest absolute Gasteiger partial charge is 0.369 e. The normalized spacial score (nSPS) is 11.8. The average molecular weight is 498 g/mol. The molecule has 2 heterocycles. The van der Waals surface area contributed by atoms with E-state index >= 15 is 0 Å². The van der Waals surface area contributed by atoms with Crippen LogP contribution in [-0.4, -0.2) is 49.9 Å². The van der Waals surface area contributed by atoms with E-state index < -0.39 is 19.7 Å². The fraction of sp³-hybridized carbons (Fsp3) is 0.130. The van der Waals surface area contributed by atoms with Gasteiger partial charge in [-0.05, 0) is 30.3 Å². The molecule has 0 aliphatic carbocycles. The summed E-state index contributed by atoms with van der Waals surface area (Å²) in [5, 5.41) is 5.94. The van der Waals surface area contributed by atoms with E-state index in [1.54, 1.807) is 30.7 Å². The van der Waals surface area contributed by atoms with Gasteiger partial charge in [0.2, 0.25) is 9.84 Å². The third kappa shape index (κ3) is 5.80. The summed E-state index contributed by atoms with van der Waals surface area (Å²) in [4.78, 5) is 8.89. The van der Waals surface area contributed by atoms with E-state index in [1.807, 2.05) is 34.9 Å². The predicted octanol–water partition coefficient (Wildman–Crippen LogP) is 3.30. The summed E-state index contributed by atoms with van der Waals surface area (Å²) >= 11 is 0. The van der Waals surface area contributed by atoms with E-state index in [0.717, 1.165) is 11.9 Å². The lowest BCUT2D eigenvalue weighted by molar-refractivity contribution is 0.595. The molecule has 0 bridgehead atoms. The highest BCUT2D eigenvalue weighted by Crippen LogP contribution is 2.26. The van der Waals surface area contributed by atoms with Crippen LogP contribution in [0.25, 0.3) is 5.69 Å². The van der Waals surface area contributed by atoms with Gasteiger partial charge in [-0.15, -0.1) is 0 Å². The maximum atomic E-state index is 13.2. The van der Waals surface area contributed by atoms with Crippen molar-refractivity contribution < 1.29 is 16.8 Å². The van der Waals surface area contributed by atoms with Gasteiger partial charge in [-0.2, -0.15) is 0 Å². The summed E-state index contributed by atoms with van der Waals surface area (Å²) in [5.41, 5.74) is 0.916. The van der Waals surface area contributed by atoms with Gasteiger partial charge in [0.15, 0.2) is 0 Å². The van der Waals surface area contributed by atoms with Crippen molar-refractivity contribution in [2.75, 3.05) is 29.2 Å². The summed E-state index contributed by atoms with van der Waals surface area (Å²) in [6.45, 7) is 0.0861. The standard InChI is InChI=1S/C23H23N5O4S2/c1-33(29,30)13-12-24-21-14-20(34(31,32)19-10-6-3-7-11-19)15-22(26-21)27-23-16-28(17-25-23)18-8-4-2-5-9-18/h2-11,14-17H,12-13H2,1H3,(H2,24,26,27). The van der Waals surface area contributed by atoms with Crippen LogP contribution in [0, 0.1) is 0 Å². The minimum absolute atomic E-state index is 0.0144. The van der Waals surface area contributed by atoms with Gasteiger partial charge in [0.05, 0.1) is 21.7 Å². The molecule has 2 aromatic carbocycles. The van der Waals surface area contributed by atoms with Crippen LogP contribution in [0.4, 0.5) is 17.5 Å². The molecule has 34 heavy (non-hydrogen) atoms. The number of sulfone groups is 2. The molecule has 2 aromatic heterocycles. The van der Waals surface area contributed by atoms with Crippen LogP contribution < -0.4 is 10.6 Å². The molecule has 0 unspecified atom stereocenters. The Bertz CT molecular complexity index is 1490. The van der Waals surface area contributed by atoms with Crippen LogP contribution in [0.1, 0.15) is 0 Å². The minimum atomic E-state index is -3.83. The average Bonchev–Trinajstić information content (AvgIpc) is 3.28. The van der Waals surface area contributed by atoms with Crippen molar-refractivity contribution in [1.29, 1.82) is 0 Å². The predicted molar refractivity (Wildman–Crippen MR) is 131 cm³/mol. The monoisotopic (exact) mass is 497 g/mol. The van der Waals surface area contributed by atoms with Crippen molar-refractivity contribution >= 4 is 37.1 Å². The van der Waals surface area contributed by atoms with Gasteiger partial charge in [-0.3, -0.25) is 0 Å². The third-order valence-electron chi connectivity index (χ3n) is 4.83. The van der Waals surface area contributed by atoms with Gasteiger partial charge >= 0.3 is 0 Å². The zero-order chi connectivity index (χ0) is 24.2. The molecule has 176 valence electrons. The molecular formula is C23H23N5O4S2. The van der Waals surface area contributed by atoms with Crippen LogP contribution in [0.3, 0.4) is 0 Å². The lowest BCUT2D eigenvalue weighted by Crippen LogP contribution is -2.15. The Morgan fingerprint density at radius 2 is 1.47 bits per heavy atom. The molecule has 0 saturated heterocycles. The van der Waals surface area contributed by atoms with Gasteiger partial charge in [-0.1, -0.05) is 36.4 Å². The summed E-state index contributed by atoms with van der Waals surface area (Å²) < 4.78 is 51.2. The van der Waals surface area contributed by atoms with Crippen molar-refractivity contribution in [1.82, 2.24) is 14.5 Å². The number of anilines is 3. The van der Waals surface area contributed by atoms with Crippen LogP contribution in [0.5, 0.6) is 0 Å². The first-order valence-corrected chi connectivity index (χ1v) is 13.9. The minimum Gasteiger partial charge on any atom is -0.369 e. The molecule has 0 radical (unpaired) electrons. The highest BCUT2D eigenvalue weighted by molar-refractivity contribution is 7.91. The molecule has 0 aliphatic rings. The number of benzene rings is 2. The van der Waals surface area contributed by atoms with Gasteiger partial charge in [0.1, 0.15) is 33.6 Å². The second-order valence-electron chi connectivity index (χ2n) is 7.57. The summed E-state index contributed by atoms with van der Waals surface area (Å²) in [6.07, 6.45) is 4.52. The Morgan fingerprint density at radius 1 is 0.824 bits per heavy atom. The Morgan fingerprint density at radius 3 is 2.15 bits per heavy atom. The molecule has 9 nitrogen and oxygen atoms in total. The van der Waals surface area contributed by atoms with Crippen LogP contribution in [0.15, 0.2) is 95.1 Å². The number of rotatable bonds is 9. The van der Waals surface area contributed by atoms with E-state index in [9.17, 15) is 16.8 Å². The molecule has 0 atom stereocenters.